The van der Waals surface area contributed by atoms with Crippen molar-refractivity contribution in [3.63, 3.8) is 0 Å². The molecule has 8 nitrogen and oxygen atoms in total. The number of fused-ring (bicyclic) bond motifs is 1. The molecule has 0 spiro atoms. The van der Waals surface area contributed by atoms with E-state index in [-0.39, 0.29) is 23.6 Å². The lowest BCUT2D eigenvalue weighted by Gasteiger charge is -2.17. The molecule has 3 aromatic rings. The fourth-order valence-corrected chi connectivity index (χ4v) is 3.90. The zero-order valence-corrected chi connectivity index (χ0v) is 18.3. The van der Waals surface area contributed by atoms with Gasteiger partial charge >= 0.3 is 0 Å². The first-order chi connectivity index (χ1) is 15.5. The van der Waals surface area contributed by atoms with Crippen LogP contribution in [0.5, 0.6) is 5.75 Å². The zero-order valence-electron chi connectivity index (χ0n) is 18.3. The lowest BCUT2D eigenvalue weighted by Crippen LogP contribution is -2.29. The molecule has 1 N–H and O–H groups in total. The molecule has 0 radical (unpaired) electrons. The number of pyridine rings is 1. The Kier molecular flexibility index (Phi) is 6.20. The Hall–Kier alpha value is -3.68. The summed E-state index contributed by atoms with van der Waals surface area (Å²) in [5.74, 6) is 1.18. The van der Waals surface area contributed by atoms with Crippen LogP contribution < -0.4 is 15.6 Å². The molecule has 0 bridgehead atoms. The molecule has 32 heavy (non-hydrogen) atoms. The van der Waals surface area contributed by atoms with Crippen LogP contribution in [0.3, 0.4) is 0 Å². The van der Waals surface area contributed by atoms with Crippen molar-refractivity contribution in [3.05, 3.63) is 71.2 Å². The van der Waals surface area contributed by atoms with Crippen LogP contribution >= 0.6 is 0 Å². The number of carbonyl (C=O) groups excluding carboxylic acids is 1. The van der Waals surface area contributed by atoms with Crippen molar-refractivity contribution in [2.45, 2.75) is 39.0 Å². The van der Waals surface area contributed by atoms with E-state index in [0.29, 0.717) is 31.2 Å². The highest BCUT2D eigenvalue weighted by Crippen LogP contribution is 2.23. The maximum absolute atomic E-state index is 12.1. The molecule has 1 aromatic carbocycles. The predicted molar refractivity (Wildman–Crippen MR) is 124 cm³/mol. The third kappa shape index (κ3) is 4.49. The molecule has 1 saturated heterocycles. The third-order valence-corrected chi connectivity index (χ3v) is 5.70. The highest BCUT2D eigenvalue weighted by Gasteiger charge is 2.26. The second-order valence-corrected chi connectivity index (χ2v) is 7.84. The summed E-state index contributed by atoms with van der Waals surface area (Å²) in [4.78, 5) is 34.5. The van der Waals surface area contributed by atoms with Gasteiger partial charge in [0.15, 0.2) is 0 Å². The van der Waals surface area contributed by atoms with Gasteiger partial charge in [-0.3, -0.25) is 14.2 Å². The number of nitrogens with one attached hydrogen (secondary N) is 1. The molecule has 4 rings (SSSR count). The average molecular weight is 434 g/mol. The number of amides is 1. The first kappa shape index (κ1) is 21.5. The molecule has 166 valence electrons. The van der Waals surface area contributed by atoms with Crippen LogP contribution in [0.1, 0.15) is 31.9 Å². The summed E-state index contributed by atoms with van der Waals surface area (Å²) >= 11 is 0. The number of aryl methyl sites for hydroxylation is 1. The van der Waals surface area contributed by atoms with Crippen LogP contribution in [0.2, 0.25) is 0 Å². The van der Waals surface area contributed by atoms with Gasteiger partial charge in [-0.1, -0.05) is 18.7 Å². The fraction of sp³-hybridized carbons (Fsp3) is 0.333. The van der Waals surface area contributed by atoms with Crippen molar-refractivity contribution in [3.8, 4) is 5.75 Å². The number of ether oxygens (including phenoxy) is 1. The van der Waals surface area contributed by atoms with Crippen LogP contribution in [0, 0.1) is 0 Å². The van der Waals surface area contributed by atoms with Crippen LogP contribution in [0.25, 0.3) is 11.0 Å². The number of hydrogen-bond acceptors (Lipinski definition) is 6. The van der Waals surface area contributed by atoms with Crippen LogP contribution in [-0.2, 0) is 11.3 Å². The predicted octanol–water partition coefficient (Wildman–Crippen LogP) is 3.15. The molecular weight excluding hydrogens is 406 g/mol. The van der Waals surface area contributed by atoms with E-state index < -0.39 is 0 Å². The summed E-state index contributed by atoms with van der Waals surface area (Å²) in [5.41, 5.74) is 1.60. The standard InChI is InChI=1S/C24H27N5O3/c1-4-21(30)28-13-12-20(15-28)32-19-9-6-17(7-10-19)16(3)26-24-25-14-18-8-11-22(31)29(5-2)23(18)27-24/h4,6-11,14,16,20H,1,5,12-13,15H2,2-3H3,(H,25,26,27)/t16-,20+/m0/s1. The molecular formula is C24H27N5O3. The number of likely N-dealkylation sites (tertiary alicyclic amines) is 1. The van der Waals surface area contributed by atoms with Crippen molar-refractivity contribution >= 4 is 22.9 Å². The molecule has 0 unspecified atom stereocenters. The van der Waals surface area contributed by atoms with Gasteiger partial charge in [0.05, 0.1) is 12.6 Å². The topological polar surface area (TPSA) is 89.4 Å². The van der Waals surface area contributed by atoms with Crippen LogP contribution in [0.15, 0.2) is 60.0 Å². The van der Waals surface area contributed by atoms with E-state index in [4.69, 9.17) is 4.74 Å². The van der Waals surface area contributed by atoms with Crippen molar-refractivity contribution in [1.29, 1.82) is 0 Å². The quantitative estimate of drug-likeness (QED) is 0.576. The van der Waals surface area contributed by atoms with Gasteiger partial charge in [0.2, 0.25) is 11.9 Å². The second kappa shape index (κ2) is 9.21. The molecule has 1 amide bonds. The van der Waals surface area contributed by atoms with Crippen molar-refractivity contribution < 1.29 is 9.53 Å². The highest BCUT2D eigenvalue weighted by atomic mass is 16.5. The fourth-order valence-electron chi connectivity index (χ4n) is 3.90. The zero-order chi connectivity index (χ0) is 22.7. The molecule has 2 atom stereocenters. The second-order valence-electron chi connectivity index (χ2n) is 7.84. The summed E-state index contributed by atoms with van der Waals surface area (Å²) in [6.07, 6.45) is 3.86. The molecule has 1 aliphatic heterocycles. The molecule has 0 saturated carbocycles. The van der Waals surface area contributed by atoms with Crippen LogP contribution in [-0.4, -0.2) is 44.5 Å². The normalized spacial score (nSPS) is 16.7. The molecule has 3 heterocycles. The maximum atomic E-state index is 12.1. The van der Waals surface area contributed by atoms with Gasteiger partial charge in [0.1, 0.15) is 17.5 Å². The molecule has 8 heteroatoms. The number of anilines is 1. The first-order valence-corrected chi connectivity index (χ1v) is 10.8. The third-order valence-electron chi connectivity index (χ3n) is 5.70. The Bertz CT molecular complexity index is 1190. The molecule has 2 aromatic heterocycles. The summed E-state index contributed by atoms with van der Waals surface area (Å²) in [6.45, 7) is 9.29. The van der Waals surface area contributed by atoms with E-state index >= 15 is 0 Å². The lowest BCUT2D eigenvalue weighted by atomic mass is 10.1. The number of hydrogen-bond donors (Lipinski definition) is 1. The molecule has 1 aliphatic rings. The number of carbonyl (C=O) groups is 1. The van der Waals surface area contributed by atoms with Crippen molar-refractivity contribution in [1.82, 2.24) is 19.4 Å². The summed E-state index contributed by atoms with van der Waals surface area (Å²) in [6, 6.07) is 11.1. The summed E-state index contributed by atoms with van der Waals surface area (Å²) in [7, 11) is 0. The van der Waals surface area contributed by atoms with E-state index in [2.05, 4.69) is 21.9 Å². The average Bonchev–Trinajstić information content (AvgIpc) is 3.27. The SMILES string of the molecule is C=CC(=O)N1CC[C@@H](Oc2ccc([C@H](C)Nc3ncc4ccc(=O)n(CC)c4n3)cc2)C1. The lowest BCUT2D eigenvalue weighted by molar-refractivity contribution is -0.125. The molecule has 0 aliphatic carbocycles. The van der Waals surface area contributed by atoms with E-state index in [0.717, 1.165) is 23.1 Å². The first-order valence-electron chi connectivity index (χ1n) is 10.8. The summed E-state index contributed by atoms with van der Waals surface area (Å²) in [5, 5.41) is 4.13. The van der Waals surface area contributed by atoms with Gasteiger partial charge in [0, 0.05) is 37.2 Å². The monoisotopic (exact) mass is 433 g/mol. The van der Waals surface area contributed by atoms with Gasteiger partial charge < -0.3 is 15.0 Å². The van der Waals surface area contributed by atoms with Crippen LogP contribution in [0.4, 0.5) is 5.95 Å². The van der Waals surface area contributed by atoms with Gasteiger partial charge in [0.25, 0.3) is 5.56 Å². The smallest absolute Gasteiger partial charge is 0.252 e. The number of benzene rings is 1. The molecule has 1 fully saturated rings. The number of rotatable bonds is 7. The Balaban J connectivity index is 1.42. The number of nitrogens with zero attached hydrogens (tertiary/aromatic N) is 4. The summed E-state index contributed by atoms with van der Waals surface area (Å²) < 4.78 is 7.66. The van der Waals surface area contributed by atoms with Gasteiger partial charge in [-0.25, -0.2) is 4.98 Å². The Morgan fingerprint density at radius 2 is 2.09 bits per heavy atom. The van der Waals surface area contributed by atoms with E-state index in [1.165, 1.54) is 12.1 Å². The van der Waals surface area contributed by atoms with Gasteiger partial charge in [-0.2, -0.15) is 4.98 Å². The van der Waals surface area contributed by atoms with E-state index in [1.807, 2.05) is 38.1 Å². The minimum atomic E-state index is -0.0764. The van der Waals surface area contributed by atoms with E-state index in [9.17, 15) is 9.59 Å². The highest BCUT2D eigenvalue weighted by molar-refractivity contribution is 5.87. The Labute approximate surface area is 186 Å². The van der Waals surface area contributed by atoms with Crippen molar-refractivity contribution in [2.75, 3.05) is 18.4 Å². The number of aromatic nitrogens is 3. The van der Waals surface area contributed by atoms with Gasteiger partial charge in [-0.05, 0) is 43.7 Å². The van der Waals surface area contributed by atoms with Gasteiger partial charge in [-0.15, -0.1) is 0 Å². The van der Waals surface area contributed by atoms with Crippen molar-refractivity contribution in [2.24, 2.45) is 0 Å². The Morgan fingerprint density at radius 1 is 1.31 bits per heavy atom. The van der Waals surface area contributed by atoms with E-state index in [1.54, 1.807) is 21.7 Å². The largest absolute Gasteiger partial charge is 0.489 e. The minimum absolute atomic E-state index is 0.0116. The Morgan fingerprint density at radius 3 is 2.81 bits per heavy atom. The minimum Gasteiger partial charge on any atom is -0.489 e. The maximum Gasteiger partial charge on any atom is 0.252 e.